The van der Waals surface area contributed by atoms with Crippen LogP contribution in [0.1, 0.15) is 11.1 Å². The van der Waals surface area contributed by atoms with Crippen molar-refractivity contribution in [3.8, 4) is 0 Å². The molecule has 0 amide bonds. The van der Waals surface area contributed by atoms with Gasteiger partial charge in [0.05, 0.1) is 0 Å². The summed E-state index contributed by atoms with van der Waals surface area (Å²) in [6.07, 6.45) is 0. The van der Waals surface area contributed by atoms with Crippen molar-refractivity contribution >= 4 is 33.3 Å². The van der Waals surface area contributed by atoms with Crippen LogP contribution in [0.25, 0.3) is 10.9 Å². The highest BCUT2D eigenvalue weighted by molar-refractivity contribution is 7.89. The minimum atomic E-state index is -3.68. The number of primary sulfonamides is 1. The fourth-order valence-electron chi connectivity index (χ4n) is 2.29. The lowest BCUT2D eigenvalue weighted by molar-refractivity contribution is 0.588. The van der Waals surface area contributed by atoms with E-state index in [1.165, 1.54) is 0 Å². The molecular formula is C11H15ClN2O2S. The van der Waals surface area contributed by atoms with E-state index in [0.29, 0.717) is 0 Å². The highest BCUT2D eigenvalue weighted by atomic mass is 35.5. The Balaban J connectivity index is 0.00000144. The Morgan fingerprint density at radius 2 is 1.82 bits per heavy atom. The van der Waals surface area contributed by atoms with E-state index < -0.39 is 10.0 Å². The third-order valence-corrected chi connectivity index (χ3v) is 4.00. The molecule has 2 aromatic rings. The van der Waals surface area contributed by atoms with Crippen molar-refractivity contribution in [3.63, 3.8) is 0 Å². The van der Waals surface area contributed by atoms with Crippen LogP contribution in [0, 0.1) is 13.8 Å². The van der Waals surface area contributed by atoms with Crippen molar-refractivity contribution in [2.45, 2.75) is 18.9 Å². The highest BCUT2D eigenvalue weighted by Gasteiger charge is 2.21. The Labute approximate surface area is 107 Å². The number of sulfonamides is 1. The molecular weight excluding hydrogens is 260 g/mol. The van der Waals surface area contributed by atoms with Crippen molar-refractivity contribution in [3.05, 3.63) is 29.3 Å². The lowest BCUT2D eigenvalue weighted by Crippen LogP contribution is -2.16. The second kappa shape index (κ2) is 4.33. The van der Waals surface area contributed by atoms with E-state index in [4.69, 9.17) is 5.14 Å². The molecule has 0 atom stereocenters. The quantitative estimate of drug-likeness (QED) is 0.863. The molecule has 0 unspecified atom stereocenters. The number of nitrogens with zero attached hydrogens (tertiary/aromatic N) is 1. The third-order valence-electron chi connectivity index (χ3n) is 2.88. The van der Waals surface area contributed by atoms with Gasteiger partial charge in [-0.15, -0.1) is 12.4 Å². The van der Waals surface area contributed by atoms with Gasteiger partial charge in [-0.05, 0) is 31.0 Å². The van der Waals surface area contributed by atoms with Gasteiger partial charge in [0.25, 0.3) is 10.0 Å². The van der Waals surface area contributed by atoms with Crippen molar-refractivity contribution < 1.29 is 8.42 Å². The number of aromatic nitrogens is 1. The average Bonchev–Trinajstić information content (AvgIpc) is 2.39. The lowest BCUT2D eigenvalue weighted by Gasteiger charge is -2.01. The van der Waals surface area contributed by atoms with Gasteiger partial charge < -0.3 is 4.57 Å². The van der Waals surface area contributed by atoms with Gasteiger partial charge in [0, 0.05) is 18.0 Å². The number of halogens is 1. The molecule has 2 N–H and O–H groups in total. The molecule has 0 saturated carbocycles. The van der Waals surface area contributed by atoms with Crippen LogP contribution in [0.5, 0.6) is 0 Å². The van der Waals surface area contributed by atoms with Crippen LogP contribution in [0.2, 0.25) is 0 Å². The molecule has 1 aromatic carbocycles. The van der Waals surface area contributed by atoms with Crippen molar-refractivity contribution in [1.29, 1.82) is 0 Å². The number of benzene rings is 1. The summed E-state index contributed by atoms with van der Waals surface area (Å²) < 4.78 is 24.7. The Morgan fingerprint density at radius 3 is 2.29 bits per heavy atom. The number of hydrogen-bond donors (Lipinski definition) is 1. The molecule has 0 saturated heterocycles. The largest absolute Gasteiger partial charge is 0.333 e. The maximum absolute atomic E-state index is 11.5. The highest BCUT2D eigenvalue weighted by Crippen LogP contribution is 2.29. The molecule has 0 radical (unpaired) electrons. The van der Waals surface area contributed by atoms with Gasteiger partial charge in [0.15, 0.2) is 5.03 Å². The van der Waals surface area contributed by atoms with Crippen LogP contribution in [-0.4, -0.2) is 13.0 Å². The fourth-order valence-corrected chi connectivity index (χ4v) is 3.30. The maximum atomic E-state index is 11.5. The standard InChI is InChI=1S/C11H14N2O2S.ClH/c1-7-5-4-6-9-10(7)8(2)11(13(9)3)16(12,14)15;/h4-6H,1-3H3,(H2,12,14,15);1H. The molecule has 2 rings (SSSR count). The molecule has 4 nitrogen and oxygen atoms in total. The Bertz CT molecular complexity index is 674. The summed E-state index contributed by atoms with van der Waals surface area (Å²) in [6.45, 7) is 3.75. The summed E-state index contributed by atoms with van der Waals surface area (Å²) in [7, 11) is -1.96. The molecule has 0 bridgehead atoms. The monoisotopic (exact) mass is 274 g/mol. The molecule has 94 valence electrons. The van der Waals surface area contributed by atoms with Crippen molar-refractivity contribution in [1.82, 2.24) is 4.57 Å². The normalized spacial score (nSPS) is 11.5. The first-order valence-corrected chi connectivity index (χ1v) is 6.46. The lowest BCUT2D eigenvalue weighted by atomic mass is 10.1. The molecule has 0 fully saturated rings. The predicted octanol–water partition coefficient (Wildman–Crippen LogP) is 1.86. The van der Waals surface area contributed by atoms with Crippen molar-refractivity contribution in [2.24, 2.45) is 12.2 Å². The first kappa shape index (κ1) is 14.0. The molecule has 0 spiro atoms. The molecule has 1 aromatic heterocycles. The smallest absolute Gasteiger partial charge is 0.253 e. The molecule has 1 heterocycles. The molecule has 0 aliphatic carbocycles. The first-order valence-electron chi connectivity index (χ1n) is 4.91. The van der Waals surface area contributed by atoms with Crippen LogP contribution in [0.4, 0.5) is 0 Å². The van der Waals surface area contributed by atoms with E-state index in [0.717, 1.165) is 22.0 Å². The van der Waals surface area contributed by atoms with E-state index in [1.807, 2.05) is 25.1 Å². The topological polar surface area (TPSA) is 65.1 Å². The zero-order valence-corrected chi connectivity index (χ0v) is 11.5. The number of hydrogen-bond acceptors (Lipinski definition) is 2. The molecule has 0 aliphatic heterocycles. The van der Waals surface area contributed by atoms with Crippen LogP contribution in [-0.2, 0) is 17.1 Å². The summed E-state index contributed by atoms with van der Waals surface area (Å²) in [6, 6.07) is 5.76. The SMILES string of the molecule is Cc1cccc2c1c(C)c(S(N)(=O)=O)n2C.Cl. The zero-order chi connectivity index (χ0) is 12.1. The van der Waals surface area contributed by atoms with Crippen LogP contribution in [0.3, 0.4) is 0 Å². The summed E-state index contributed by atoms with van der Waals surface area (Å²) in [4.78, 5) is 0. The Hall–Kier alpha value is -1.04. The Kier molecular flexibility index (Phi) is 3.57. The zero-order valence-electron chi connectivity index (χ0n) is 9.89. The number of fused-ring (bicyclic) bond motifs is 1. The Morgan fingerprint density at radius 1 is 1.24 bits per heavy atom. The molecule has 0 aliphatic rings. The maximum Gasteiger partial charge on any atom is 0.253 e. The van der Waals surface area contributed by atoms with Gasteiger partial charge in [-0.2, -0.15) is 0 Å². The van der Waals surface area contributed by atoms with Gasteiger partial charge in [-0.25, -0.2) is 13.6 Å². The van der Waals surface area contributed by atoms with E-state index >= 15 is 0 Å². The number of aryl methyl sites for hydroxylation is 3. The van der Waals surface area contributed by atoms with Crippen LogP contribution >= 0.6 is 12.4 Å². The predicted molar refractivity (Wildman–Crippen MR) is 71.0 cm³/mol. The summed E-state index contributed by atoms with van der Waals surface area (Å²) >= 11 is 0. The molecule has 17 heavy (non-hydrogen) atoms. The van der Waals surface area contributed by atoms with Crippen LogP contribution in [0.15, 0.2) is 23.2 Å². The molecule has 6 heteroatoms. The average molecular weight is 275 g/mol. The first-order chi connectivity index (χ1) is 7.34. The van der Waals surface area contributed by atoms with Gasteiger partial charge in [-0.3, -0.25) is 0 Å². The minimum absolute atomic E-state index is 0. The number of rotatable bonds is 1. The second-order valence-electron chi connectivity index (χ2n) is 4.00. The van der Waals surface area contributed by atoms with Crippen LogP contribution < -0.4 is 5.14 Å². The van der Waals surface area contributed by atoms with Gasteiger partial charge in [0.2, 0.25) is 0 Å². The van der Waals surface area contributed by atoms with E-state index in [9.17, 15) is 8.42 Å². The third kappa shape index (κ3) is 2.06. The second-order valence-corrected chi connectivity index (χ2v) is 5.48. The van der Waals surface area contributed by atoms with Gasteiger partial charge in [0.1, 0.15) is 0 Å². The van der Waals surface area contributed by atoms with E-state index in [-0.39, 0.29) is 17.4 Å². The summed E-state index contributed by atoms with van der Waals surface area (Å²) in [5.74, 6) is 0. The van der Waals surface area contributed by atoms with Gasteiger partial charge >= 0.3 is 0 Å². The minimum Gasteiger partial charge on any atom is -0.333 e. The summed E-state index contributed by atoms with van der Waals surface area (Å²) in [5.41, 5.74) is 2.67. The van der Waals surface area contributed by atoms with E-state index in [1.54, 1.807) is 18.5 Å². The number of nitrogens with two attached hydrogens (primary N) is 1. The summed E-state index contributed by atoms with van der Waals surface area (Å²) in [5, 5.41) is 6.38. The van der Waals surface area contributed by atoms with Gasteiger partial charge in [-0.1, -0.05) is 12.1 Å². The van der Waals surface area contributed by atoms with Crippen molar-refractivity contribution in [2.75, 3.05) is 0 Å². The van der Waals surface area contributed by atoms with E-state index in [2.05, 4.69) is 0 Å². The fraction of sp³-hybridized carbons (Fsp3) is 0.273.